The van der Waals surface area contributed by atoms with Crippen LogP contribution in [0.2, 0.25) is 0 Å². The number of nitrogens with one attached hydrogen (secondary N) is 1. The van der Waals surface area contributed by atoms with Gasteiger partial charge in [-0.05, 0) is 32.1 Å². The van der Waals surface area contributed by atoms with Crippen LogP contribution < -0.4 is 5.32 Å². The third kappa shape index (κ3) is 5.53. The summed E-state index contributed by atoms with van der Waals surface area (Å²) in [6, 6.07) is 0.440. The van der Waals surface area contributed by atoms with Crippen molar-refractivity contribution in [2.75, 3.05) is 19.6 Å². The summed E-state index contributed by atoms with van der Waals surface area (Å²) in [4.78, 5) is 33.7. The van der Waals surface area contributed by atoms with E-state index >= 15 is 0 Å². The van der Waals surface area contributed by atoms with Crippen LogP contribution in [-0.4, -0.2) is 63.3 Å². The zero-order chi connectivity index (χ0) is 19.2. The Labute approximate surface area is 171 Å². The SMILES string of the molecule is CCCC(=O)N1CCC(N(C(=O)NC2=NCC(Cl)S2)C2CCCCC2)CC1. The second-order valence-electron chi connectivity index (χ2n) is 7.66. The largest absolute Gasteiger partial charge is 0.343 e. The highest BCUT2D eigenvalue weighted by Gasteiger charge is 2.35. The summed E-state index contributed by atoms with van der Waals surface area (Å²) in [5, 5.41) is 3.63. The topological polar surface area (TPSA) is 65.0 Å². The maximum absolute atomic E-state index is 13.1. The van der Waals surface area contributed by atoms with E-state index in [-0.39, 0.29) is 22.7 Å². The molecule has 1 N–H and O–H groups in total. The van der Waals surface area contributed by atoms with E-state index in [1.54, 1.807) is 0 Å². The molecule has 3 aliphatic rings. The Bertz CT molecular complexity index is 560. The molecule has 2 heterocycles. The lowest BCUT2D eigenvalue weighted by Crippen LogP contribution is -2.56. The van der Waals surface area contributed by atoms with Gasteiger partial charge < -0.3 is 9.80 Å². The van der Waals surface area contributed by atoms with E-state index < -0.39 is 0 Å². The molecule has 3 amide bonds. The molecule has 6 nitrogen and oxygen atoms in total. The van der Waals surface area contributed by atoms with Gasteiger partial charge in [0.05, 0.1) is 6.54 Å². The van der Waals surface area contributed by atoms with Crippen molar-refractivity contribution in [1.29, 1.82) is 0 Å². The van der Waals surface area contributed by atoms with E-state index in [0.29, 0.717) is 24.2 Å². The zero-order valence-corrected chi connectivity index (χ0v) is 17.7. The number of hydrogen-bond acceptors (Lipinski definition) is 4. The summed E-state index contributed by atoms with van der Waals surface area (Å²) in [7, 11) is 0. The Morgan fingerprint density at radius 2 is 1.85 bits per heavy atom. The number of thioether (sulfide) groups is 1. The molecule has 1 aliphatic carbocycles. The van der Waals surface area contributed by atoms with Crippen LogP contribution in [0.4, 0.5) is 4.79 Å². The number of hydrogen-bond donors (Lipinski definition) is 1. The number of nitrogens with zero attached hydrogens (tertiary/aromatic N) is 3. The van der Waals surface area contributed by atoms with Crippen molar-refractivity contribution in [1.82, 2.24) is 15.1 Å². The Morgan fingerprint density at radius 1 is 1.19 bits per heavy atom. The van der Waals surface area contributed by atoms with Crippen molar-refractivity contribution in [2.45, 2.75) is 81.5 Å². The molecule has 1 unspecified atom stereocenters. The Morgan fingerprint density at radius 3 is 2.44 bits per heavy atom. The quantitative estimate of drug-likeness (QED) is 0.711. The highest BCUT2D eigenvalue weighted by Crippen LogP contribution is 2.29. The fourth-order valence-corrected chi connectivity index (χ4v) is 5.34. The van der Waals surface area contributed by atoms with Crippen LogP contribution in [0.25, 0.3) is 0 Å². The summed E-state index contributed by atoms with van der Waals surface area (Å²) < 4.78 is -0.0868. The summed E-state index contributed by atoms with van der Waals surface area (Å²) in [5.41, 5.74) is 0. The highest BCUT2D eigenvalue weighted by molar-refractivity contribution is 8.15. The van der Waals surface area contributed by atoms with Crippen molar-refractivity contribution < 1.29 is 9.59 Å². The number of alkyl halides is 1. The van der Waals surface area contributed by atoms with Crippen LogP contribution in [0.1, 0.15) is 64.7 Å². The predicted molar refractivity (Wildman–Crippen MR) is 111 cm³/mol. The number of amides is 3. The van der Waals surface area contributed by atoms with Crippen molar-refractivity contribution in [3.05, 3.63) is 0 Å². The highest BCUT2D eigenvalue weighted by atomic mass is 35.5. The van der Waals surface area contributed by atoms with Gasteiger partial charge in [-0.3, -0.25) is 15.1 Å². The molecule has 2 aliphatic heterocycles. The van der Waals surface area contributed by atoms with E-state index in [9.17, 15) is 9.59 Å². The smallest absolute Gasteiger partial charge is 0.323 e. The molecule has 2 fully saturated rings. The number of urea groups is 1. The second-order valence-corrected chi connectivity index (χ2v) is 9.64. The molecule has 8 heteroatoms. The normalized spacial score (nSPS) is 24.6. The molecule has 0 radical (unpaired) electrons. The number of carbonyl (C=O) groups is 2. The number of rotatable bonds is 4. The first-order chi connectivity index (χ1) is 13.1. The molecular weight excluding hydrogens is 384 g/mol. The van der Waals surface area contributed by atoms with E-state index in [2.05, 4.69) is 15.2 Å². The molecule has 0 aromatic heterocycles. The zero-order valence-electron chi connectivity index (χ0n) is 16.2. The first-order valence-corrected chi connectivity index (χ1v) is 11.6. The van der Waals surface area contributed by atoms with Crippen molar-refractivity contribution in [3.63, 3.8) is 0 Å². The molecule has 0 spiro atoms. The number of halogens is 1. The molecule has 0 aromatic carbocycles. The number of aliphatic imine (C=N–C) groups is 1. The van der Waals surface area contributed by atoms with Crippen molar-refractivity contribution in [3.8, 4) is 0 Å². The summed E-state index contributed by atoms with van der Waals surface area (Å²) in [5.74, 6) is 0.245. The van der Waals surface area contributed by atoms with Gasteiger partial charge in [0.15, 0.2) is 5.17 Å². The third-order valence-electron chi connectivity index (χ3n) is 5.71. The van der Waals surface area contributed by atoms with Crippen molar-refractivity contribution >= 4 is 40.5 Å². The van der Waals surface area contributed by atoms with Gasteiger partial charge in [0, 0.05) is 31.6 Å². The van der Waals surface area contributed by atoms with Gasteiger partial charge in [-0.2, -0.15) is 0 Å². The number of likely N-dealkylation sites (tertiary alicyclic amines) is 1. The summed E-state index contributed by atoms with van der Waals surface area (Å²) >= 11 is 7.50. The lowest BCUT2D eigenvalue weighted by atomic mass is 9.91. The minimum atomic E-state index is -0.0868. The monoisotopic (exact) mass is 414 g/mol. The fraction of sp³-hybridized carbons (Fsp3) is 0.842. The predicted octanol–water partition coefficient (Wildman–Crippen LogP) is 3.79. The standard InChI is InChI=1S/C19H31ClN4O2S/c1-2-6-17(25)23-11-9-15(10-12-23)24(14-7-4-3-5-8-14)19(26)22-18-21-13-16(20)27-18/h14-16H,2-13H2,1H3,(H,21,22,26). The van der Waals surface area contributed by atoms with Crippen LogP contribution in [0.15, 0.2) is 4.99 Å². The van der Waals surface area contributed by atoms with Gasteiger partial charge >= 0.3 is 6.03 Å². The second kappa shape index (κ2) is 10.0. The maximum Gasteiger partial charge on any atom is 0.323 e. The van der Waals surface area contributed by atoms with Crippen LogP contribution in [0.3, 0.4) is 0 Å². The average molecular weight is 415 g/mol. The molecule has 27 heavy (non-hydrogen) atoms. The Balaban J connectivity index is 1.63. The molecule has 1 saturated carbocycles. The molecule has 3 rings (SSSR count). The van der Waals surface area contributed by atoms with Crippen molar-refractivity contribution in [2.24, 2.45) is 4.99 Å². The van der Waals surface area contributed by atoms with Crippen LogP contribution >= 0.6 is 23.4 Å². The van der Waals surface area contributed by atoms with E-state index in [0.717, 1.165) is 45.2 Å². The van der Waals surface area contributed by atoms with Gasteiger partial charge in [0.25, 0.3) is 0 Å². The molecule has 0 bridgehead atoms. The Hall–Kier alpha value is -0.950. The van der Waals surface area contributed by atoms with Gasteiger partial charge in [0.1, 0.15) is 4.71 Å². The van der Waals surface area contributed by atoms with Gasteiger partial charge in [0.2, 0.25) is 5.91 Å². The molecule has 152 valence electrons. The molecular formula is C19H31ClN4O2S. The molecule has 1 saturated heterocycles. The van der Waals surface area contributed by atoms with Crippen LogP contribution in [0.5, 0.6) is 0 Å². The van der Waals surface area contributed by atoms with Crippen LogP contribution in [0, 0.1) is 0 Å². The number of amidine groups is 1. The first-order valence-electron chi connectivity index (χ1n) is 10.3. The lowest BCUT2D eigenvalue weighted by molar-refractivity contribution is -0.132. The van der Waals surface area contributed by atoms with Gasteiger partial charge in [-0.25, -0.2) is 4.79 Å². The molecule has 0 aromatic rings. The van der Waals surface area contributed by atoms with Crippen LogP contribution in [-0.2, 0) is 4.79 Å². The van der Waals surface area contributed by atoms with Gasteiger partial charge in [-0.15, -0.1) is 11.6 Å². The average Bonchev–Trinajstić information content (AvgIpc) is 3.08. The summed E-state index contributed by atoms with van der Waals surface area (Å²) in [6.07, 6.45) is 8.98. The van der Waals surface area contributed by atoms with E-state index in [1.165, 1.54) is 31.0 Å². The van der Waals surface area contributed by atoms with E-state index in [4.69, 9.17) is 11.6 Å². The molecule has 1 atom stereocenters. The summed E-state index contributed by atoms with van der Waals surface area (Å²) in [6.45, 7) is 4.08. The van der Waals surface area contributed by atoms with E-state index in [1.807, 2.05) is 11.8 Å². The minimum absolute atomic E-state index is 0.0442. The minimum Gasteiger partial charge on any atom is -0.343 e. The Kier molecular flexibility index (Phi) is 7.70. The lowest BCUT2D eigenvalue weighted by Gasteiger charge is -2.43. The maximum atomic E-state index is 13.1. The fourth-order valence-electron chi connectivity index (χ4n) is 4.33. The van der Waals surface area contributed by atoms with Gasteiger partial charge in [-0.1, -0.05) is 37.9 Å². The number of piperidine rings is 1. The first kappa shape index (κ1) is 20.8. The number of carbonyl (C=O) groups excluding carboxylic acids is 2. The third-order valence-corrected chi connectivity index (χ3v) is 6.97.